The highest BCUT2D eigenvalue weighted by Gasteiger charge is 2.22. The Labute approximate surface area is 195 Å². The summed E-state index contributed by atoms with van der Waals surface area (Å²) in [7, 11) is 2.18. The second kappa shape index (κ2) is 18.9. The molecule has 0 aromatic carbocycles. The maximum absolute atomic E-state index is 12.6. The summed E-state index contributed by atoms with van der Waals surface area (Å²) in [5.74, 6) is 1.53. The summed E-state index contributed by atoms with van der Waals surface area (Å²) in [6.45, 7) is 9.13. The summed E-state index contributed by atoms with van der Waals surface area (Å²) in [6, 6.07) is 0. The number of carbonyl (C=O) groups is 1. The molecular weight excluding hydrogens is 382 g/mol. The quantitative estimate of drug-likeness (QED) is 0.151. The number of likely N-dealkylation sites (tertiary alicyclic amines) is 1. The monoisotopic (exact) mass is 437 g/mol. The molecule has 3 heteroatoms. The van der Waals surface area contributed by atoms with Crippen LogP contribution in [0.4, 0.5) is 0 Å². The van der Waals surface area contributed by atoms with Gasteiger partial charge in [0, 0.05) is 6.42 Å². The standard InChI is InChI=1S/C28H55NO2/c1-5-8-9-10-13-18-27(19-14-11-12-17-25(15-6-2)16-7-3)31-28(30)24-26-20-22-29(4)23-21-26/h25-27H,5-24H2,1-4H3. The number of hydrogen-bond donors (Lipinski definition) is 0. The molecule has 3 nitrogen and oxygen atoms in total. The van der Waals surface area contributed by atoms with Crippen LogP contribution in [-0.4, -0.2) is 37.1 Å². The van der Waals surface area contributed by atoms with Gasteiger partial charge in [0.05, 0.1) is 0 Å². The highest BCUT2D eigenvalue weighted by atomic mass is 16.5. The van der Waals surface area contributed by atoms with Crippen molar-refractivity contribution in [3.8, 4) is 0 Å². The fourth-order valence-corrected chi connectivity index (χ4v) is 5.20. The first-order valence-corrected chi connectivity index (χ1v) is 14.0. The van der Waals surface area contributed by atoms with Crippen LogP contribution < -0.4 is 0 Å². The van der Waals surface area contributed by atoms with Crippen LogP contribution in [0.5, 0.6) is 0 Å². The predicted octanol–water partition coefficient (Wildman–Crippen LogP) is 8.16. The number of carbonyl (C=O) groups excluding carboxylic acids is 1. The lowest BCUT2D eigenvalue weighted by Gasteiger charge is -2.28. The number of rotatable bonds is 19. The molecule has 1 aliphatic rings. The van der Waals surface area contributed by atoms with Crippen LogP contribution in [0.15, 0.2) is 0 Å². The van der Waals surface area contributed by atoms with Gasteiger partial charge in [0.1, 0.15) is 6.10 Å². The van der Waals surface area contributed by atoms with Crippen LogP contribution in [0.25, 0.3) is 0 Å². The first kappa shape index (κ1) is 28.5. The lowest BCUT2D eigenvalue weighted by molar-refractivity contribution is -0.151. The molecule has 0 N–H and O–H groups in total. The molecule has 31 heavy (non-hydrogen) atoms. The van der Waals surface area contributed by atoms with Crippen LogP contribution in [0, 0.1) is 11.8 Å². The number of ether oxygens (including phenoxy) is 1. The lowest BCUT2D eigenvalue weighted by atomic mass is 9.92. The van der Waals surface area contributed by atoms with Crippen molar-refractivity contribution in [1.82, 2.24) is 4.90 Å². The van der Waals surface area contributed by atoms with Gasteiger partial charge in [0.2, 0.25) is 0 Å². The molecule has 0 aromatic heterocycles. The largest absolute Gasteiger partial charge is 0.462 e. The van der Waals surface area contributed by atoms with E-state index >= 15 is 0 Å². The van der Waals surface area contributed by atoms with Gasteiger partial charge in [-0.05, 0) is 70.5 Å². The Balaban J connectivity index is 2.33. The molecule has 0 spiro atoms. The first-order chi connectivity index (χ1) is 15.1. The number of unbranched alkanes of at least 4 members (excludes halogenated alkanes) is 6. The zero-order valence-electron chi connectivity index (χ0n) is 21.6. The molecule has 1 aliphatic heterocycles. The third kappa shape index (κ3) is 15.0. The number of nitrogens with zero attached hydrogens (tertiary/aromatic N) is 1. The Morgan fingerprint density at radius 1 is 0.774 bits per heavy atom. The molecular formula is C28H55NO2. The molecule has 184 valence electrons. The maximum atomic E-state index is 12.6. The average Bonchev–Trinajstić information content (AvgIpc) is 2.75. The number of piperidine rings is 1. The molecule has 0 amide bonds. The maximum Gasteiger partial charge on any atom is 0.306 e. The van der Waals surface area contributed by atoms with Crippen LogP contribution in [-0.2, 0) is 9.53 Å². The van der Waals surface area contributed by atoms with Crippen molar-refractivity contribution in [3.05, 3.63) is 0 Å². The summed E-state index contributed by atoms with van der Waals surface area (Å²) in [6.07, 6.45) is 22.3. The molecule has 0 aliphatic carbocycles. The zero-order valence-corrected chi connectivity index (χ0v) is 21.6. The van der Waals surface area contributed by atoms with Gasteiger partial charge in [-0.15, -0.1) is 0 Å². The van der Waals surface area contributed by atoms with Gasteiger partial charge >= 0.3 is 5.97 Å². The smallest absolute Gasteiger partial charge is 0.306 e. The Kier molecular flexibility index (Phi) is 17.4. The first-order valence-electron chi connectivity index (χ1n) is 14.0. The minimum absolute atomic E-state index is 0.0686. The molecule has 1 rings (SSSR count). The second-order valence-electron chi connectivity index (χ2n) is 10.3. The normalized spacial score (nSPS) is 16.7. The van der Waals surface area contributed by atoms with Gasteiger partial charge in [-0.3, -0.25) is 4.79 Å². The second-order valence-corrected chi connectivity index (χ2v) is 10.3. The lowest BCUT2D eigenvalue weighted by Crippen LogP contribution is -2.31. The third-order valence-electron chi connectivity index (χ3n) is 7.25. The van der Waals surface area contributed by atoms with E-state index in [-0.39, 0.29) is 12.1 Å². The summed E-state index contributed by atoms with van der Waals surface area (Å²) in [5.41, 5.74) is 0. The Morgan fingerprint density at radius 3 is 1.90 bits per heavy atom. The van der Waals surface area contributed by atoms with Crippen molar-refractivity contribution in [1.29, 1.82) is 0 Å². The van der Waals surface area contributed by atoms with E-state index in [0.29, 0.717) is 12.3 Å². The van der Waals surface area contributed by atoms with E-state index in [1.54, 1.807) is 0 Å². The van der Waals surface area contributed by atoms with Gasteiger partial charge in [0.15, 0.2) is 0 Å². The average molecular weight is 438 g/mol. The summed E-state index contributed by atoms with van der Waals surface area (Å²) >= 11 is 0. The summed E-state index contributed by atoms with van der Waals surface area (Å²) in [4.78, 5) is 15.0. The predicted molar refractivity (Wildman–Crippen MR) is 134 cm³/mol. The van der Waals surface area contributed by atoms with Gasteiger partial charge in [-0.25, -0.2) is 0 Å². The number of hydrogen-bond acceptors (Lipinski definition) is 3. The van der Waals surface area contributed by atoms with Crippen molar-refractivity contribution < 1.29 is 9.53 Å². The highest BCUT2D eigenvalue weighted by Crippen LogP contribution is 2.24. The molecule has 0 aromatic rings. The molecule has 0 saturated carbocycles. The van der Waals surface area contributed by atoms with Crippen LogP contribution >= 0.6 is 0 Å². The minimum Gasteiger partial charge on any atom is -0.462 e. The fraction of sp³-hybridized carbons (Fsp3) is 0.964. The van der Waals surface area contributed by atoms with Gasteiger partial charge < -0.3 is 9.64 Å². The molecule has 0 bridgehead atoms. The van der Waals surface area contributed by atoms with E-state index in [9.17, 15) is 4.79 Å². The third-order valence-corrected chi connectivity index (χ3v) is 7.25. The van der Waals surface area contributed by atoms with E-state index < -0.39 is 0 Å². The van der Waals surface area contributed by atoms with Gasteiger partial charge in [0.25, 0.3) is 0 Å². The molecule has 0 radical (unpaired) electrons. The van der Waals surface area contributed by atoms with Gasteiger partial charge in [-0.2, -0.15) is 0 Å². The van der Waals surface area contributed by atoms with Gasteiger partial charge in [-0.1, -0.05) is 91.4 Å². The van der Waals surface area contributed by atoms with Crippen molar-refractivity contribution in [2.45, 2.75) is 142 Å². The minimum atomic E-state index is 0.0686. The Bertz CT molecular complexity index is 411. The van der Waals surface area contributed by atoms with E-state index in [2.05, 4.69) is 32.7 Å². The topological polar surface area (TPSA) is 29.5 Å². The Hall–Kier alpha value is -0.570. The van der Waals surface area contributed by atoms with Crippen LogP contribution in [0.3, 0.4) is 0 Å². The molecule has 1 heterocycles. The fourth-order valence-electron chi connectivity index (χ4n) is 5.20. The highest BCUT2D eigenvalue weighted by molar-refractivity contribution is 5.69. The molecule has 1 atom stereocenters. The van der Waals surface area contributed by atoms with E-state index in [1.165, 1.54) is 83.5 Å². The van der Waals surface area contributed by atoms with Crippen LogP contribution in [0.1, 0.15) is 136 Å². The SMILES string of the molecule is CCCCCCCC(CCCCCC(CCC)CCC)OC(=O)CC1CCN(C)CC1. The van der Waals surface area contributed by atoms with E-state index in [0.717, 1.165) is 44.7 Å². The van der Waals surface area contributed by atoms with Crippen molar-refractivity contribution in [3.63, 3.8) is 0 Å². The van der Waals surface area contributed by atoms with Crippen molar-refractivity contribution in [2.24, 2.45) is 11.8 Å². The van der Waals surface area contributed by atoms with Crippen molar-refractivity contribution >= 4 is 5.97 Å². The molecule has 1 fully saturated rings. The van der Waals surface area contributed by atoms with Crippen molar-refractivity contribution in [2.75, 3.05) is 20.1 Å². The van der Waals surface area contributed by atoms with E-state index in [4.69, 9.17) is 4.74 Å². The Morgan fingerprint density at radius 2 is 1.32 bits per heavy atom. The zero-order chi connectivity index (χ0) is 22.7. The summed E-state index contributed by atoms with van der Waals surface area (Å²) in [5, 5.41) is 0. The van der Waals surface area contributed by atoms with Crippen LogP contribution in [0.2, 0.25) is 0 Å². The molecule has 1 saturated heterocycles. The molecule has 1 unspecified atom stereocenters. The van der Waals surface area contributed by atoms with E-state index in [1.807, 2.05) is 0 Å². The number of esters is 1. The summed E-state index contributed by atoms with van der Waals surface area (Å²) < 4.78 is 6.04.